The molecule has 0 aliphatic carbocycles. The quantitative estimate of drug-likeness (QED) is 0.407. The first-order valence-electron chi connectivity index (χ1n) is 11.4. The van der Waals surface area contributed by atoms with E-state index in [1.54, 1.807) is 31.4 Å². The molecular weight excluding hydrogens is 500 g/mol. The van der Waals surface area contributed by atoms with Crippen LogP contribution in [-0.2, 0) is 9.59 Å². The highest BCUT2D eigenvalue weighted by Crippen LogP contribution is 2.29. The van der Waals surface area contributed by atoms with Gasteiger partial charge in [0.25, 0.3) is 5.91 Å². The van der Waals surface area contributed by atoms with E-state index in [4.69, 9.17) is 21.7 Å². The lowest BCUT2D eigenvalue weighted by Gasteiger charge is -2.24. The smallest absolute Gasteiger partial charge is 0.251 e. The number of ether oxygens (including phenoxy) is 2. The van der Waals surface area contributed by atoms with Gasteiger partial charge in [-0.3, -0.25) is 14.5 Å². The van der Waals surface area contributed by atoms with Crippen molar-refractivity contribution >= 4 is 34.8 Å². The summed E-state index contributed by atoms with van der Waals surface area (Å²) in [6, 6.07) is 16.6. The van der Waals surface area contributed by atoms with Crippen molar-refractivity contribution in [3.63, 3.8) is 0 Å². The van der Waals surface area contributed by atoms with Crippen LogP contribution in [0.25, 0.3) is 0 Å². The molecule has 2 N–H and O–H groups in total. The zero-order valence-electron chi connectivity index (χ0n) is 20.2. The van der Waals surface area contributed by atoms with E-state index in [1.165, 1.54) is 36.3 Å². The highest BCUT2D eigenvalue weighted by atomic mass is 32.1. The molecule has 192 valence electrons. The first kappa shape index (κ1) is 26.0. The van der Waals surface area contributed by atoms with Crippen LogP contribution >= 0.6 is 12.2 Å². The Kier molecular flexibility index (Phi) is 7.98. The molecule has 2 unspecified atom stereocenters. The number of thiocarbonyl (C=S) groups is 1. The lowest BCUT2D eigenvalue weighted by Crippen LogP contribution is -2.36. The summed E-state index contributed by atoms with van der Waals surface area (Å²) in [6.45, 7) is 0.174. The van der Waals surface area contributed by atoms with Crippen molar-refractivity contribution in [1.29, 1.82) is 0 Å². The van der Waals surface area contributed by atoms with Crippen LogP contribution in [0.15, 0.2) is 66.7 Å². The van der Waals surface area contributed by atoms with Crippen LogP contribution in [0.3, 0.4) is 0 Å². The monoisotopic (exact) mass is 525 g/mol. The van der Waals surface area contributed by atoms with Crippen LogP contribution in [0.4, 0.5) is 14.5 Å². The molecule has 0 bridgehead atoms. The second kappa shape index (κ2) is 11.3. The fourth-order valence-electron chi connectivity index (χ4n) is 4.12. The maximum absolute atomic E-state index is 14.2. The molecule has 1 aliphatic heterocycles. The maximum Gasteiger partial charge on any atom is 0.251 e. The summed E-state index contributed by atoms with van der Waals surface area (Å²) in [6.07, 6.45) is -0.245. The number of hydrogen-bond acceptors (Lipinski definition) is 5. The number of benzene rings is 3. The third-order valence-corrected chi connectivity index (χ3v) is 6.44. The molecule has 37 heavy (non-hydrogen) atoms. The standard InChI is InChI=1S/C27H25F2N3O4S/c1-35-19-9-5-17(6-10-19)21(16-3-7-18(28)8-4-16)15-32-26(34)24(31-27(32)37)14-25(33)30-23-12-11-20(36-2)13-22(23)29/h3-13,21,24H,14-15H2,1-2H3,(H,30,33)(H,31,37). The van der Waals surface area contributed by atoms with Crippen molar-refractivity contribution in [2.45, 2.75) is 18.4 Å². The number of carbonyl (C=O) groups is 2. The maximum atomic E-state index is 14.2. The molecule has 10 heteroatoms. The normalized spacial score (nSPS) is 15.8. The van der Waals surface area contributed by atoms with Crippen LogP contribution in [0, 0.1) is 11.6 Å². The van der Waals surface area contributed by atoms with Crippen molar-refractivity contribution in [3.8, 4) is 11.5 Å². The number of methoxy groups -OCH3 is 2. The zero-order chi connectivity index (χ0) is 26.5. The Balaban J connectivity index is 1.49. The highest BCUT2D eigenvalue weighted by molar-refractivity contribution is 7.80. The third-order valence-electron chi connectivity index (χ3n) is 6.10. The van der Waals surface area contributed by atoms with Gasteiger partial charge >= 0.3 is 0 Å². The summed E-state index contributed by atoms with van der Waals surface area (Å²) >= 11 is 5.41. The third kappa shape index (κ3) is 6.03. The molecule has 4 rings (SSSR count). The van der Waals surface area contributed by atoms with Crippen molar-refractivity contribution in [3.05, 3.63) is 89.5 Å². The minimum atomic E-state index is -0.904. The van der Waals surface area contributed by atoms with Crippen LogP contribution in [0.1, 0.15) is 23.5 Å². The summed E-state index contributed by atoms with van der Waals surface area (Å²) in [5.74, 6) is -1.28. The number of carbonyl (C=O) groups excluding carboxylic acids is 2. The second-order valence-electron chi connectivity index (χ2n) is 8.43. The van der Waals surface area contributed by atoms with Crippen LogP contribution in [0.5, 0.6) is 11.5 Å². The fraction of sp³-hybridized carbons (Fsp3) is 0.222. The van der Waals surface area contributed by atoms with Crippen molar-refractivity contribution < 1.29 is 27.8 Å². The SMILES string of the molecule is COc1ccc(C(CN2C(=O)C(CC(=O)Nc3ccc(OC)cc3F)NC2=S)c2ccc(F)cc2)cc1. The van der Waals surface area contributed by atoms with Gasteiger partial charge in [0.1, 0.15) is 29.2 Å². The number of amides is 2. The molecular formula is C27H25F2N3O4S. The van der Waals surface area contributed by atoms with Gasteiger partial charge in [-0.25, -0.2) is 8.78 Å². The first-order valence-corrected chi connectivity index (χ1v) is 11.8. The Hall–Kier alpha value is -4.05. The molecule has 3 aromatic rings. The number of hydrogen-bond donors (Lipinski definition) is 2. The van der Waals surface area contributed by atoms with E-state index >= 15 is 0 Å². The van der Waals surface area contributed by atoms with E-state index in [0.29, 0.717) is 11.5 Å². The predicted molar refractivity (Wildman–Crippen MR) is 139 cm³/mol. The van der Waals surface area contributed by atoms with Crippen molar-refractivity contribution in [1.82, 2.24) is 10.2 Å². The Labute approximate surface area is 218 Å². The van der Waals surface area contributed by atoms with Crippen LogP contribution in [-0.4, -0.2) is 48.6 Å². The van der Waals surface area contributed by atoms with E-state index in [2.05, 4.69) is 10.6 Å². The second-order valence-corrected chi connectivity index (χ2v) is 8.81. The van der Waals surface area contributed by atoms with Crippen LogP contribution < -0.4 is 20.1 Å². The van der Waals surface area contributed by atoms with Crippen molar-refractivity contribution in [2.24, 2.45) is 0 Å². The molecule has 0 radical (unpaired) electrons. The number of nitrogens with zero attached hydrogens (tertiary/aromatic N) is 1. The number of nitrogens with one attached hydrogen (secondary N) is 2. The summed E-state index contributed by atoms with van der Waals surface area (Å²) in [7, 11) is 2.98. The van der Waals surface area contributed by atoms with Gasteiger partial charge in [0, 0.05) is 18.5 Å². The molecule has 1 fully saturated rings. The topological polar surface area (TPSA) is 79.9 Å². The Morgan fingerprint density at radius 3 is 2.19 bits per heavy atom. The molecule has 0 spiro atoms. The largest absolute Gasteiger partial charge is 0.497 e. The average molecular weight is 526 g/mol. The molecule has 0 aromatic heterocycles. The number of rotatable bonds is 9. The van der Waals surface area contributed by atoms with Gasteiger partial charge in [0.15, 0.2) is 5.11 Å². The average Bonchev–Trinajstić information content (AvgIpc) is 3.16. The number of anilines is 1. The highest BCUT2D eigenvalue weighted by Gasteiger charge is 2.38. The van der Waals surface area contributed by atoms with Crippen LogP contribution in [0.2, 0.25) is 0 Å². The van der Waals surface area contributed by atoms with Gasteiger partial charge in [-0.05, 0) is 59.7 Å². The molecule has 7 nitrogen and oxygen atoms in total. The summed E-state index contributed by atoms with van der Waals surface area (Å²) in [5.41, 5.74) is 1.64. The zero-order valence-corrected chi connectivity index (χ0v) is 21.0. The van der Waals surface area contributed by atoms with Gasteiger partial charge < -0.3 is 20.1 Å². The summed E-state index contributed by atoms with van der Waals surface area (Å²) < 4.78 is 38.0. The molecule has 1 aliphatic rings. The first-order chi connectivity index (χ1) is 17.8. The van der Waals surface area contributed by atoms with E-state index in [9.17, 15) is 18.4 Å². The molecule has 1 saturated heterocycles. The molecule has 2 amide bonds. The van der Waals surface area contributed by atoms with E-state index in [1.807, 2.05) is 12.1 Å². The minimum Gasteiger partial charge on any atom is -0.497 e. The van der Waals surface area contributed by atoms with E-state index < -0.39 is 17.8 Å². The summed E-state index contributed by atoms with van der Waals surface area (Å²) in [4.78, 5) is 27.2. The van der Waals surface area contributed by atoms with E-state index in [-0.39, 0.29) is 41.4 Å². The van der Waals surface area contributed by atoms with Gasteiger partial charge in [0.2, 0.25) is 5.91 Å². The molecule has 2 atom stereocenters. The molecule has 0 saturated carbocycles. The van der Waals surface area contributed by atoms with Gasteiger partial charge in [-0.15, -0.1) is 0 Å². The predicted octanol–water partition coefficient (Wildman–Crippen LogP) is 4.23. The number of halogens is 2. The Morgan fingerprint density at radius 2 is 1.59 bits per heavy atom. The van der Waals surface area contributed by atoms with E-state index in [0.717, 1.165) is 17.2 Å². The van der Waals surface area contributed by atoms with Gasteiger partial charge in [-0.1, -0.05) is 24.3 Å². The van der Waals surface area contributed by atoms with Gasteiger partial charge in [-0.2, -0.15) is 0 Å². The minimum absolute atomic E-state index is 0.0217. The van der Waals surface area contributed by atoms with Gasteiger partial charge in [0.05, 0.1) is 26.3 Å². The Morgan fingerprint density at radius 1 is 1.00 bits per heavy atom. The lowest BCUT2D eigenvalue weighted by atomic mass is 9.90. The molecule has 1 heterocycles. The lowest BCUT2D eigenvalue weighted by molar-refractivity contribution is -0.129. The molecule has 3 aromatic carbocycles. The summed E-state index contributed by atoms with van der Waals surface area (Å²) in [5, 5.41) is 5.55. The van der Waals surface area contributed by atoms with Crippen molar-refractivity contribution in [2.75, 3.05) is 26.1 Å². The fourth-order valence-corrected chi connectivity index (χ4v) is 4.42. The Bertz CT molecular complexity index is 1300.